The number of esters is 2. The lowest BCUT2D eigenvalue weighted by atomic mass is 10.4. The van der Waals surface area contributed by atoms with Crippen molar-refractivity contribution in [2.24, 2.45) is 0 Å². The van der Waals surface area contributed by atoms with Crippen LogP contribution in [0.2, 0.25) is 0 Å². The van der Waals surface area contributed by atoms with Gasteiger partial charge in [-0.25, -0.2) is 4.79 Å². The van der Waals surface area contributed by atoms with Crippen LogP contribution in [0.5, 0.6) is 0 Å². The van der Waals surface area contributed by atoms with E-state index in [0.29, 0.717) is 0 Å². The van der Waals surface area contributed by atoms with Crippen LogP contribution in [-0.2, 0) is 19.1 Å². The van der Waals surface area contributed by atoms with E-state index in [1.807, 2.05) is 0 Å². The zero-order chi connectivity index (χ0) is 10.3. The van der Waals surface area contributed by atoms with Gasteiger partial charge >= 0.3 is 11.9 Å². The summed E-state index contributed by atoms with van der Waals surface area (Å²) in [5.74, 6) is -0.957. The van der Waals surface area contributed by atoms with Crippen LogP contribution in [0.25, 0.3) is 0 Å². The van der Waals surface area contributed by atoms with Crippen molar-refractivity contribution < 1.29 is 19.1 Å². The molecule has 1 atom stereocenters. The van der Waals surface area contributed by atoms with Crippen LogP contribution >= 0.6 is 15.9 Å². The van der Waals surface area contributed by atoms with Gasteiger partial charge in [-0.05, 0) is 22.9 Å². The second kappa shape index (κ2) is 6.65. The van der Waals surface area contributed by atoms with Crippen LogP contribution in [0, 0.1) is 0 Å². The molecule has 5 heteroatoms. The second-order valence-electron chi connectivity index (χ2n) is 2.15. The van der Waals surface area contributed by atoms with Crippen molar-refractivity contribution in [3.05, 3.63) is 12.7 Å². The quantitative estimate of drug-likeness (QED) is 0.421. The first kappa shape index (κ1) is 12.2. The van der Waals surface area contributed by atoms with Gasteiger partial charge in [-0.3, -0.25) is 4.79 Å². The molecule has 0 aromatic rings. The molecule has 13 heavy (non-hydrogen) atoms. The maximum Gasteiger partial charge on any atom is 0.330 e. The Bertz CT molecular complexity index is 200. The highest BCUT2D eigenvalue weighted by Crippen LogP contribution is 2.01. The SMILES string of the molecule is C=CC(=O)OCCC(=O)OC(C)Br. The van der Waals surface area contributed by atoms with Crippen LogP contribution < -0.4 is 0 Å². The van der Waals surface area contributed by atoms with Crippen LogP contribution in [0.4, 0.5) is 0 Å². The van der Waals surface area contributed by atoms with E-state index in [9.17, 15) is 9.59 Å². The molecule has 0 fully saturated rings. The van der Waals surface area contributed by atoms with Gasteiger partial charge in [-0.15, -0.1) is 0 Å². The minimum Gasteiger partial charge on any atom is -0.462 e. The first-order valence-corrected chi connectivity index (χ1v) is 4.60. The summed E-state index contributed by atoms with van der Waals surface area (Å²) in [6.45, 7) is 4.90. The Balaban J connectivity index is 3.48. The fraction of sp³-hybridized carbons (Fsp3) is 0.500. The molecule has 0 spiro atoms. The predicted octanol–water partition coefficient (Wildman–Crippen LogP) is 1.39. The largest absolute Gasteiger partial charge is 0.462 e. The number of carbonyl (C=O) groups is 2. The molecule has 0 aliphatic heterocycles. The third-order valence-corrected chi connectivity index (χ3v) is 1.20. The summed E-state index contributed by atoms with van der Waals surface area (Å²) in [7, 11) is 0. The van der Waals surface area contributed by atoms with Crippen molar-refractivity contribution in [3.8, 4) is 0 Å². The van der Waals surface area contributed by atoms with E-state index in [1.54, 1.807) is 6.92 Å². The molecule has 0 bridgehead atoms. The van der Waals surface area contributed by atoms with E-state index in [-0.39, 0.29) is 18.0 Å². The highest BCUT2D eigenvalue weighted by molar-refractivity contribution is 9.09. The van der Waals surface area contributed by atoms with Gasteiger partial charge in [0, 0.05) is 6.08 Å². The molecule has 0 aromatic heterocycles. The Labute approximate surface area is 85.0 Å². The third-order valence-electron chi connectivity index (χ3n) is 1.01. The molecule has 0 amide bonds. The van der Waals surface area contributed by atoms with E-state index in [2.05, 4.69) is 27.2 Å². The molecule has 0 heterocycles. The monoisotopic (exact) mass is 250 g/mol. The average Bonchev–Trinajstić information content (AvgIpc) is 2.02. The van der Waals surface area contributed by atoms with Crippen LogP contribution in [0.3, 0.4) is 0 Å². The zero-order valence-corrected chi connectivity index (χ0v) is 8.87. The fourth-order valence-corrected chi connectivity index (χ4v) is 0.742. The van der Waals surface area contributed by atoms with Gasteiger partial charge in [0.2, 0.25) is 0 Å². The highest BCUT2D eigenvalue weighted by atomic mass is 79.9. The van der Waals surface area contributed by atoms with Gasteiger partial charge < -0.3 is 9.47 Å². The summed E-state index contributed by atoms with van der Waals surface area (Å²) in [5, 5.41) is -0.324. The van der Waals surface area contributed by atoms with E-state index in [1.165, 1.54) is 0 Å². The predicted molar refractivity (Wildman–Crippen MR) is 50.3 cm³/mol. The number of ether oxygens (including phenoxy) is 2. The summed E-state index contributed by atoms with van der Waals surface area (Å²) >= 11 is 3.04. The smallest absolute Gasteiger partial charge is 0.330 e. The van der Waals surface area contributed by atoms with Gasteiger partial charge in [0.1, 0.15) is 6.61 Å². The van der Waals surface area contributed by atoms with Gasteiger partial charge in [-0.1, -0.05) is 6.58 Å². The lowest BCUT2D eigenvalue weighted by molar-refractivity contribution is -0.147. The number of rotatable bonds is 5. The molecule has 1 unspecified atom stereocenters. The molecular formula is C8H11BrO4. The van der Waals surface area contributed by atoms with E-state index in [0.717, 1.165) is 6.08 Å². The molecule has 0 rings (SSSR count). The molecule has 0 saturated heterocycles. The Morgan fingerprint density at radius 3 is 2.69 bits per heavy atom. The maximum atomic E-state index is 10.9. The number of halogens is 1. The Kier molecular flexibility index (Phi) is 6.22. The molecule has 74 valence electrons. The molecular weight excluding hydrogens is 240 g/mol. The molecule has 0 aliphatic carbocycles. The summed E-state index contributed by atoms with van der Waals surface area (Å²) in [6, 6.07) is 0. The first-order chi connectivity index (χ1) is 6.06. The van der Waals surface area contributed by atoms with Crippen molar-refractivity contribution in [2.45, 2.75) is 18.4 Å². The number of alkyl halides is 1. The lowest BCUT2D eigenvalue weighted by Gasteiger charge is -2.05. The minimum absolute atomic E-state index is 0.0173. The maximum absolute atomic E-state index is 10.9. The summed E-state index contributed by atoms with van der Waals surface area (Å²) in [6.07, 6.45) is 1.09. The molecule has 0 N–H and O–H groups in total. The third kappa shape index (κ3) is 7.52. The van der Waals surface area contributed by atoms with E-state index in [4.69, 9.17) is 4.74 Å². The molecule has 4 nitrogen and oxygen atoms in total. The molecule has 0 aromatic carbocycles. The number of carbonyl (C=O) groups excluding carboxylic acids is 2. The van der Waals surface area contributed by atoms with Crippen LogP contribution in [0.15, 0.2) is 12.7 Å². The van der Waals surface area contributed by atoms with Gasteiger partial charge in [0.25, 0.3) is 0 Å². The van der Waals surface area contributed by atoms with Crippen molar-refractivity contribution >= 4 is 27.9 Å². The fourth-order valence-electron chi connectivity index (χ4n) is 0.534. The van der Waals surface area contributed by atoms with Gasteiger partial charge in [0.05, 0.1) is 6.42 Å². The van der Waals surface area contributed by atoms with Crippen LogP contribution in [0.1, 0.15) is 13.3 Å². The summed E-state index contributed by atoms with van der Waals surface area (Å²) in [5.41, 5.74) is 0. The van der Waals surface area contributed by atoms with Crippen molar-refractivity contribution in [1.82, 2.24) is 0 Å². The molecule has 0 radical (unpaired) electrons. The topological polar surface area (TPSA) is 52.6 Å². The normalized spacial score (nSPS) is 11.5. The number of hydrogen-bond acceptors (Lipinski definition) is 4. The minimum atomic E-state index is -0.542. The van der Waals surface area contributed by atoms with Crippen molar-refractivity contribution in [3.63, 3.8) is 0 Å². The number of hydrogen-bond donors (Lipinski definition) is 0. The summed E-state index contributed by atoms with van der Waals surface area (Å²) in [4.78, 5) is 21.4. The first-order valence-electron chi connectivity index (χ1n) is 3.69. The van der Waals surface area contributed by atoms with E-state index >= 15 is 0 Å². The zero-order valence-electron chi connectivity index (χ0n) is 7.29. The lowest BCUT2D eigenvalue weighted by Crippen LogP contribution is -2.13. The summed E-state index contributed by atoms with van der Waals surface area (Å²) < 4.78 is 9.30. The van der Waals surface area contributed by atoms with Crippen LogP contribution in [-0.4, -0.2) is 23.6 Å². The van der Waals surface area contributed by atoms with Crippen molar-refractivity contribution in [1.29, 1.82) is 0 Å². The van der Waals surface area contributed by atoms with E-state index < -0.39 is 11.9 Å². The standard InChI is InChI=1S/C8H11BrO4/c1-3-7(10)12-5-4-8(11)13-6(2)9/h3,6H,1,4-5H2,2H3. The average molecular weight is 251 g/mol. The Morgan fingerprint density at radius 2 is 2.23 bits per heavy atom. The Hall–Kier alpha value is -0.840. The highest BCUT2D eigenvalue weighted by Gasteiger charge is 2.06. The molecule has 0 aliphatic rings. The molecule has 0 saturated carbocycles. The van der Waals surface area contributed by atoms with Crippen molar-refractivity contribution in [2.75, 3.05) is 6.61 Å². The van der Waals surface area contributed by atoms with Gasteiger partial charge in [0.15, 0.2) is 5.01 Å². The Morgan fingerprint density at radius 1 is 1.62 bits per heavy atom. The van der Waals surface area contributed by atoms with Gasteiger partial charge in [-0.2, -0.15) is 0 Å². The second-order valence-corrected chi connectivity index (χ2v) is 3.44.